The predicted molar refractivity (Wildman–Crippen MR) is 113 cm³/mol. The van der Waals surface area contributed by atoms with Crippen LogP contribution in [0.15, 0.2) is 35.3 Å². The molecule has 160 valence electrons. The number of benzene rings is 1. The Morgan fingerprint density at radius 1 is 1.07 bits per heavy atom. The molecule has 0 aromatic heterocycles. The number of aliphatic carboxylic acids is 1. The van der Waals surface area contributed by atoms with Crippen molar-refractivity contribution in [3.63, 3.8) is 0 Å². The molecule has 9 N–H and O–H groups in total. The maximum Gasteiger partial charge on any atom is 0.327 e. The summed E-state index contributed by atoms with van der Waals surface area (Å²) in [7, 11) is 0. The van der Waals surface area contributed by atoms with E-state index < -0.39 is 35.9 Å². The number of carboxylic acids is 1. The number of rotatable bonds is 12. The minimum absolute atomic E-state index is 0.0419. The van der Waals surface area contributed by atoms with E-state index in [1.807, 2.05) is 6.07 Å². The highest BCUT2D eigenvalue weighted by Gasteiger charge is 2.27. The van der Waals surface area contributed by atoms with Crippen LogP contribution in [0.2, 0.25) is 0 Å². The Labute approximate surface area is 174 Å². The van der Waals surface area contributed by atoms with Gasteiger partial charge in [-0.3, -0.25) is 14.6 Å². The first-order valence-corrected chi connectivity index (χ1v) is 9.67. The maximum atomic E-state index is 12.6. The van der Waals surface area contributed by atoms with Crippen molar-refractivity contribution in [2.75, 3.05) is 12.3 Å². The van der Waals surface area contributed by atoms with Gasteiger partial charge in [0.15, 0.2) is 5.96 Å². The van der Waals surface area contributed by atoms with Gasteiger partial charge in [0.1, 0.15) is 12.1 Å². The number of carbonyl (C=O) groups excluding carboxylic acids is 2. The molecule has 0 saturated heterocycles. The average molecular weight is 425 g/mol. The summed E-state index contributed by atoms with van der Waals surface area (Å²) < 4.78 is 0. The maximum absolute atomic E-state index is 12.6. The zero-order chi connectivity index (χ0) is 21.8. The van der Waals surface area contributed by atoms with Gasteiger partial charge in [0, 0.05) is 18.7 Å². The summed E-state index contributed by atoms with van der Waals surface area (Å²) >= 11 is 3.93. The van der Waals surface area contributed by atoms with Crippen molar-refractivity contribution >= 4 is 36.4 Å². The number of carbonyl (C=O) groups is 3. The van der Waals surface area contributed by atoms with Crippen molar-refractivity contribution in [2.24, 2.45) is 22.2 Å². The fourth-order valence-corrected chi connectivity index (χ4v) is 2.69. The van der Waals surface area contributed by atoms with E-state index in [1.165, 1.54) is 0 Å². The van der Waals surface area contributed by atoms with Crippen molar-refractivity contribution in [1.29, 1.82) is 0 Å². The number of nitrogens with two attached hydrogens (primary N) is 3. The van der Waals surface area contributed by atoms with Crippen LogP contribution in [0, 0.1) is 0 Å². The standard InChI is InChI=1S/C18H28N6O4S/c19-12(7-4-8-22-18(20)21)15(25)23-13(9-11-5-2-1-3-6-11)16(26)24-14(10-29)17(27)28/h1-3,5-6,12-14,29H,4,7-10,19H2,(H,23,25)(H,24,26)(H,27,28)(H4,20,21,22)/t12-,13-,14-/m0/s1. The number of hydrogen-bond donors (Lipinski definition) is 7. The van der Waals surface area contributed by atoms with Gasteiger partial charge in [-0.1, -0.05) is 30.3 Å². The minimum atomic E-state index is -1.21. The Bertz CT molecular complexity index is 712. The molecule has 11 heteroatoms. The minimum Gasteiger partial charge on any atom is -0.480 e. The van der Waals surface area contributed by atoms with Gasteiger partial charge in [-0.05, 0) is 18.4 Å². The van der Waals surface area contributed by atoms with E-state index in [2.05, 4.69) is 28.3 Å². The number of nitrogens with zero attached hydrogens (tertiary/aromatic N) is 1. The first-order chi connectivity index (χ1) is 13.7. The van der Waals surface area contributed by atoms with Crippen molar-refractivity contribution in [3.05, 3.63) is 35.9 Å². The van der Waals surface area contributed by atoms with Crippen LogP contribution < -0.4 is 27.8 Å². The molecule has 1 aromatic rings. The molecule has 0 radical (unpaired) electrons. The molecule has 0 heterocycles. The molecular weight excluding hydrogens is 396 g/mol. The second-order valence-electron chi connectivity index (χ2n) is 6.39. The first kappa shape index (κ1) is 24.2. The van der Waals surface area contributed by atoms with E-state index in [-0.39, 0.29) is 18.1 Å². The van der Waals surface area contributed by atoms with E-state index >= 15 is 0 Å². The van der Waals surface area contributed by atoms with E-state index in [0.29, 0.717) is 19.4 Å². The van der Waals surface area contributed by atoms with Crippen molar-refractivity contribution < 1.29 is 19.5 Å². The second-order valence-corrected chi connectivity index (χ2v) is 6.75. The summed E-state index contributed by atoms with van der Waals surface area (Å²) in [5.74, 6) is -2.49. The highest BCUT2D eigenvalue weighted by Crippen LogP contribution is 2.05. The molecule has 0 fully saturated rings. The Balaban J connectivity index is 2.79. The summed E-state index contributed by atoms with van der Waals surface area (Å²) in [4.78, 5) is 40.0. The van der Waals surface area contributed by atoms with Gasteiger partial charge in [-0.25, -0.2) is 4.79 Å². The highest BCUT2D eigenvalue weighted by molar-refractivity contribution is 7.80. The lowest BCUT2D eigenvalue weighted by molar-refractivity contribution is -0.141. The lowest BCUT2D eigenvalue weighted by Crippen LogP contribution is -2.55. The SMILES string of the molecule is NC(N)=NCCC[C@H](N)C(=O)N[C@@H](Cc1ccccc1)C(=O)N[C@@H](CS)C(=O)O. The normalized spacial score (nSPS) is 13.6. The third-order valence-corrected chi connectivity index (χ3v) is 4.38. The molecule has 0 aliphatic rings. The molecule has 0 aliphatic heterocycles. The van der Waals surface area contributed by atoms with Gasteiger partial charge in [0.05, 0.1) is 6.04 Å². The van der Waals surface area contributed by atoms with Gasteiger partial charge in [-0.15, -0.1) is 0 Å². The Morgan fingerprint density at radius 2 is 1.69 bits per heavy atom. The summed E-state index contributed by atoms with van der Waals surface area (Å²) in [6, 6.07) is 6.00. The first-order valence-electron chi connectivity index (χ1n) is 9.04. The van der Waals surface area contributed by atoms with E-state index in [1.54, 1.807) is 24.3 Å². The molecule has 10 nitrogen and oxygen atoms in total. The number of carboxylic acid groups (broad SMARTS) is 1. The highest BCUT2D eigenvalue weighted by atomic mass is 32.1. The molecule has 2 amide bonds. The monoisotopic (exact) mass is 424 g/mol. The van der Waals surface area contributed by atoms with Gasteiger partial charge in [0.25, 0.3) is 0 Å². The average Bonchev–Trinajstić information content (AvgIpc) is 2.68. The van der Waals surface area contributed by atoms with E-state index in [9.17, 15) is 14.4 Å². The fraction of sp³-hybridized carbons (Fsp3) is 0.444. The van der Waals surface area contributed by atoms with Gasteiger partial charge in [0.2, 0.25) is 11.8 Å². The van der Waals surface area contributed by atoms with Crippen LogP contribution in [0.25, 0.3) is 0 Å². The third-order valence-electron chi connectivity index (χ3n) is 4.02. The Hall–Kier alpha value is -2.79. The smallest absolute Gasteiger partial charge is 0.327 e. The van der Waals surface area contributed by atoms with Crippen LogP contribution in [0.1, 0.15) is 18.4 Å². The largest absolute Gasteiger partial charge is 0.480 e. The van der Waals surface area contributed by atoms with Crippen LogP contribution in [0.3, 0.4) is 0 Å². The topological polar surface area (TPSA) is 186 Å². The Morgan fingerprint density at radius 3 is 2.24 bits per heavy atom. The molecule has 0 unspecified atom stereocenters. The number of thiol groups is 1. The van der Waals surface area contributed by atoms with E-state index in [0.717, 1.165) is 5.56 Å². The molecule has 0 saturated carbocycles. The Kier molecular flexibility index (Phi) is 10.6. The van der Waals surface area contributed by atoms with Crippen molar-refractivity contribution in [3.8, 4) is 0 Å². The molecule has 3 atom stereocenters. The molecular formula is C18H28N6O4S. The number of guanidine groups is 1. The van der Waals surface area contributed by atoms with Gasteiger partial charge in [-0.2, -0.15) is 12.6 Å². The quantitative estimate of drug-likeness (QED) is 0.0929. The summed E-state index contributed by atoms with van der Waals surface area (Å²) in [5, 5.41) is 14.1. The van der Waals surface area contributed by atoms with Crippen LogP contribution >= 0.6 is 12.6 Å². The number of hydrogen-bond acceptors (Lipinski definition) is 6. The third kappa shape index (κ3) is 9.30. The molecule has 0 spiro atoms. The van der Waals surface area contributed by atoms with Crippen LogP contribution in [-0.4, -0.2) is 59.3 Å². The molecule has 1 aromatic carbocycles. The van der Waals surface area contributed by atoms with Gasteiger partial charge >= 0.3 is 5.97 Å². The number of nitrogens with one attached hydrogen (secondary N) is 2. The lowest BCUT2D eigenvalue weighted by Gasteiger charge is -2.22. The summed E-state index contributed by atoms with van der Waals surface area (Å²) in [5.41, 5.74) is 17.2. The number of amides is 2. The second kappa shape index (κ2) is 12.6. The van der Waals surface area contributed by atoms with Crippen LogP contribution in [0.5, 0.6) is 0 Å². The lowest BCUT2D eigenvalue weighted by atomic mass is 10.0. The zero-order valence-electron chi connectivity index (χ0n) is 16.0. The van der Waals surface area contributed by atoms with Gasteiger partial charge < -0.3 is 32.9 Å². The zero-order valence-corrected chi connectivity index (χ0v) is 16.8. The van der Waals surface area contributed by atoms with Crippen LogP contribution in [0.4, 0.5) is 0 Å². The summed E-state index contributed by atoms with van der Waals surface area (Å²) in [6.07, 6.45) is 0.984. The fourth-order valence-electron chi connectivity index (χ4n) is 2.45. The van der Waals surface area contributed by atoms with Crippen LogP contribution in [-0.2, 0) is 20.8 Å². The van der Waals surface area contributed by atoms with Crippen molar-refractivity contribution in [2.45, 2.75) is 37.4 Å². The molecule has 29 heavy (non-hydrogen) atoms. The molecule has 0 bridgehead atoms. The predicted octanol–water partition coefficient (Wildman–Crippen LogP) is -1.41. The molecule has 0 aliphatic carbocycles. The van der Waals surface area contributed by atoms with E-state index in [4.69, 9.17) is 22.3 Å². The number of aliphatic imine (C=N–C) groups is 1. The molecule has 1 rings (SSSR count). The summed E-state index contributed by atoms with van der Waals surface area (Å²) in [6.45, 7) is 0.333. The van der Waals surface area contributed by atoms with Crippen molar-refractivity contribution in [1.82, 2.24) is 10.6 Å².